The Hall–Kier alpha value is -6.36. The molecule has 8 aromatic rings. The van der Waals surface area contributed by atoms with E-state index in [1.165, 1.54) is 93.5 Å². The molecule has 3 heterocycles. The lowest BCUT2D eigenvalue weighted by molar-refractivity contribution is 0.590. The van der Waals surface area contributed by atoms with Crippen molar-refractivity contribution in [1.82, 2.24) is 0 Å². The third-order valence-corrected chi connectivity index (χ3v) is 18.3. The zero-order valence-corrected chi connectivity index (χ0v) is 36.4. The molecule has 0 fully saturated rings. The lowest BCUT2D eigenvalue weighted by atomic mass is 9.33. The Morgan fingerprint density at radius 3 is 1.57 bits per heavy atom. The molecule has 3 aliphatic heterocycles. The Morgan fingerprint density at radius 1 is 0.383 bits per heavy atom. The third kappa shape index (κ3) is 5.33. The number of rotatable bonds is 4. The molecule has 3 aliphatic rings. The molecule has 0 aromatic heterocycles. The van der Waals surface area contributed by atoms with Crippen LogP contribution >= 0.6 is 0 Å². The van der Waals surface area contributed by atoms with Crippen LogP contribution in [0.25, 0.3) is 11.1 Å². The fraction of sp³-hybridized carbons (Fsp3) is 0.143. The second-order valence-corrected chi connectivity index (χ2v) is 22.7. The van der Waals surface area contributed by atoms with E-state index in [1.54, 1.807) is 0 Å². The van der Waals surface area contributed by atoms with E-state index < -0.39 is 8.07 Å². The summed E-state index contributed by atoms with van der Waals surface area (Å²) in [6.07, 6.45) is 0. The molecule has 0 saturated carbocycles. The lowest BCUT2D eigenvalue weighted by Gasteiger charge is -2.44. The van der Waals surface area contributed by atoms with Gasteiger partial charge in [0.2, 0.25) is 0 Å². The number of fused-ring (bicyclic) bond motifs is 7. The van der Waals surface area contributed by atoms with E-state index in [9.17, 15) is 0 Å². The number of hydrogen-bond acceptors (Lipinski definition) is 2. The van der Waals surface area contributed by atoms with Crippen molar-refractivity contribution in [2.24, 2.45) is 0 Å². The molecule has 290 valence electrons. The number of benzene rings is 8. The molecule has 0 radical (unpaired) electrons. The van der Waals surface area contributed by atoms with Gasteiger partial charge in [-0.05, 0) is 119 Å². The molecule has 2 nitrogen and oxygen atoms in total. The first-order valence-electron chi connectivity index (χ1n) is 21.5. The number of anilines is 6. The van der Waals surface area contributed by atoms with Crippen molar-refractivity contribution < 1.29 is 0 Å². The topological polar surface area (TPSA) is 6.48 Å². The standard InChI is InChI=1S/C56H49BN2Si/c1-55(2,3)38-28-31-40(32-29-38)58-49-35-30-39(56(4,5)6)36-47(49)57-46-23-14-15-24-48(46)59(51-26-17-25-50(58)54(51)57)41-33-34-45-44-22-13-16-27-52(44)60(53(45)37-41,42-18-9-7-10-19-42)43-20-11-8-12-21-43/h7-37H,1-6H3. The first-order chi connectivity index (χ1) is 29.0. The van der Waals surface area contributed by atoms with E-state index in [1.807, 2.05) is 0 Å². The minimum Gasteiger partial charge on any atom is -0.311 e. The number of hydrogen-bond donors (Lipinski definition) is 0. The van der Waals surface area contributed by atoms with Crippen LogP contribution in [0, 0.1) is 0 Å². The molecule has 11 rings (SSSR count). The van der Waals surface area contributed by atoms with Gasteiger partial charge in [0.15, 0.2) is 8.07 Å². The zero-order valence-electron chi connectivity index (χ0n) is 35.4. The molecule has 0 bridgehead atoms. The summed E-state index contributed by atoms with van der Waals surface area (Å²) in [5, 5.41) is 5.74. The van der Waals surface area contributed by atoms with E-state index in [4.69, 9.17) is 0 Å². The maximum absolute atomic E-state index is 2.70. The first kappa shape index (κ1) is 36.7. The van der Waals surface area contributed by atoms with Crippen LogP contribution < -0.4 is 46.9 Å². The maximum Gasteiger partial charge on any atom is 0.252 e. The van der Waals surface area contributed by atoms with E-state index in [2.05, 4.69) is 239 Å². The predicted molar refractivity (Wildman–Crippen MR) is 260 cm³/mol. The van der Waals surface area contributed by atoms with Crippen molar-refractivity contribution in [2.45, 2.75) is 52.4 Å². The van der Waals surface area contributed by atoms with E-state index >= 15 is 0 Å². The average Bonchev–Trinajstić information content (AvgIpc) is 3.56. The van der Waals surface area contributed by atoms with Crippen molar-refractivity contribution in [3.05, 3.63) is 199 Å². The molecule has 0 amide bonds. The van der Waals surface area contributed by atoms with Crippen LogP contribution in [0.5, 0.6) is 0 Å². The summed E-state index contributed by atoms with van der Waals surface area (Å²) in [5.41, 5.74) is 16.9. The SMILES string of the molecule is CC(C)(C)c1ccc(N2c3ccc(C(C)(C)C)cc3B3c4ccccc4N(c4ccc5c(c4)[Si](c4ccccc4)(c4ccccc4)c4ccccc4-5)c4cccc2c43)cc1. The van der Waals surface area contributed by atoms with Crippen LogP contribution in [0.4, 0.5) is 34.1 Å². The number of nitrogens with zero attached hydrogens (tertiary/aromatic N) is 2. The van der Waals surface area contributed by atoms with Crippen LogP contribution in [-0.4, -0.2) is 14.8 Å². The maximum atomic E-state index is 2.57. The molecule has 0 spiro atoms. The van der Waals surface area contributed by atoms with Crippen molar-refractivity contribution in [1.29, 1.82) is 0 Å². The fourth-order valence-electron chi connectivity index (χ4n) is 10.6. The third-order valence-electron chi connectivity index (χ3n) is 13.5. The predicted octanol–water partition coefficient (Wildman–Crippen LogP) is 9.72. The fourth-order valence-corrected chi connectivity index (χ4v) is 15.8. The Kier molecular flexibility index (Phi) is 8.15. The van der Waals surface area contributed by atoms with E-state index in [0.29, 0.717) is 0 Å². The van der Waals surface area contributed by atoms with Crippen molar-refractivity contribution in [3.8, 4) is 11.1 Å². The van der Waals surface area contributed by atoms with Gasteiger partial charge in [-0.1, -0.05) is 181 Å². The molecule has 8 aromatic carbocycles. The smallest absolute Gasteiger partial charge is 0.252 e. The summed E-state index contributed by atoms with van der Waals surface area (Å²) >= 11 is 0. The van der Waals surface area contributed by atoms with Gasteiger partial charge in [0, 0.05) is 34.1 Å². The summed E-state index contributed by atoms with van der Waals surface area (Å²) in [7, 11) is -2.70. The summed E-state index contributed by atoms with van der Waals surface area (Å²) in [5.74, 6) is 0. The average molecular weight is 789 g/mol. The zero-order chi connectivity index (χ0) is 41.0. The van der Waals surface area contributed by atoms with Crippen LogP contribution in [-0.2, 0) is 10.8 Å². The van der Waals surface area contributed by atoms with Gasteiger partial charge in [0.25, 0.3) is 6.71 Å². The van der Waals surface area contributed by atoms with Crippen LogP contribution in [0.2, 0.25) is 0 Å². The first-order valence-corrected chi connectivity index (χ1v) is 23.5. The highest BCUT2D eigenvalue weighted by Crippen LogP contribution is 2.45. The molecule has 0 atom stereocenters. The van der Waals surface area contributed by atoms with Gasteiger partial charge in [-0.2, -0.15) is 0 Å². The van der Waals surface area contributed by atoms with Gasteiger partial charge in [-0.15, -0.1) is 0 Å². The molecule has 60 heavy (non-hydrogen) atoms. The van der Waals surface area contributed by atoms with Crippen molar-refractivity contribution in [2.75, 3.05) is 9.80 Å². The van der Waals surface area contributed by atoms with Gasteiger partial charge >= 0.3 is 0 Å². The minimum atomic E-state index is -2.70. The molecular weight excluding hydrogens is 740 g/mol. The normalized spacial score (nSPS) is 14.5. The quantitative estimate of drug-likeness (QED) is 0.164. The van der Waals surface area contributed by atoms with Crippen LogP contribution in [0.1, 0.15) is 52.7 Å². The Morgan fingerprint density at radius 2 is 0.900 bits per heavy atom. The van der Waals surface area contributed by atoms with Gasteiger partial charge in [0.05, 0.1) is 0 Å². The molecule has 0 aliphatic carbocycles. The highest BCUT2D eigenvalue weighted by atomic mass is 28.3. The summed E-state index contributed by atoms with van der Waals surface area (Å²) in [4.78, 5) is 5.10. The molecule has 0 saturated heterocycles. The molecule has 0 N–H and O–H groups in total. The molecule has 0 unspecified atom stereocenters. The largest absolute Gasteiger partial charge is 0.311 e. The summed E-state index contributed by atoms with van der Waals surface area (Å²) < 4.78 is 0. The van der Waals surface area contributed by atoms with E-state index in [0.717, 1.165) is 0 Å². The summed E-state index contributed by atoms with van der Waals surface area (Å²) in [6.45, 7) is 13.9. The van der Waals surface area contributed by atoms with Crippen molar-refractivity contribution in [3.63, 3.8) is 0 Å². The van der Waals surface area contributed by atoms with Crippen molar-refractivity contribution >= 4 is 86.0 Å². The monoisotopic (exact) mass is 788 g/mol. The number of para-hydroxylation sites is 1. The minimum absolute atomic E-state index is 0.00409. The molecular formula is C56H49BN2Si. The van der Waals surface area contributed by atoms with Crippen LogP contribution in [0.3, 0.4) is 0 Å². The van der Waals surface area contributed by atoms with Gasteiger partial charge < -0.3 is 9.80 Å². The highest BCUT2D eigenvalue weighted by molar-refractivity contribution is 7.22. The Bertz CT molecular complexity index is 2920. The molecule has 4 heteroatoms. The Balaban J connectivity index is 1.18. The summed E-state index contributed by atoms with van der Waals surface area (Å²) in [6, 6.07) is 71.9. The van der Waals surface area contributed by atoms with Gasteiger partial charge in [-0.3, -0.25) is 0 Å². The van der Waals surface area contributed by atoms with Gasteiger partial charge in [-0.25, -0.2) is 0 Å². The second-order valence-electron chi connectivity index (χ2n) is 19.0. The Labute approximate surface area is 356 Å². The second kappa shape index (κ2) is 13.3. The van der Waals surface area contributed by atoms with Gasteiger partial charge in [0.1, 0.15) is 0 Å². The highest BCUT2D eigenvalue weighted by Gasteiger charge is 2.49. The lowest BCUT2D eigenvalue weighted by Crippen LogP contribution is -2.72. The van der Waals surface area contributed by atoms with E-state index in [-0.39, 0.29) is 17.5 Å². The van der Waals surface area contributed by atoms with Crippen LogP contribution in [0.15, 0.2) is 188 Å².